The first kappa shape index (κ1) is 15.6. The van der Waals surface area contributed by atoms with Crippen LogP contribution < -0.4 is 16.4 Å². The highest BCUT2D eigenvalue weighted by Crippen LogP contribution is 2.04. The zero-order chi connectivity index (χ0) is 15.8. The maximum atomic E-state index is 12.3. The van der Waals surface area contributed by atoms with E-state index < -0.39 is 12.1 Å². The number of hydrogen-bond acceptors (Lipinski definition) is 2. The summed E-state index contributed by atoms with van der Waals surface area (Å²) in [6.07, 6.45) is 0.393. The quantitative estimate of drug-likeness (QED) is 0.756. The molecule has 1 unspecified atom stereocenters. The summed E-state index contributed by atoms with van der Waals surface area (Å²) in [7, 11) is 0. The third-order valence-corrected chi connectivity index (χ3v) is 3.23. The Kier molecular flexibility index (Phi) is 5.54. The van der Waals surface area contributed by atoms with Crippen LogP contribution in [0.25, 0.3) is 0 Å². The molecule has 4 N–H and O–H groups in total. The van der Waals surface area contributed by atoms with Gasteiger partial charge in [0.2, 0.25) is 5.91 Å². The number of amides is 3. The van der Waals surface area contributed by atoms with Gasteiger partial charge in [0.15, 0.2) is 0 Å². The first-order chi connectivity index (χ1) is 10.6. The van der Waals surface area contributed by atoms with E-state index in [0.717, 1.165) is 11.1 Å². The SMILES string of the molecule is NC(=O)NC(Cc1ccccc1)C(=O)NCc1ccccc1. The Morgan fingerprint density at radius 2 is 1.45 bits per heavy atom. The Hall–Kier alpha value is -2.82. The fourth-order valence-electron chi connectivity index (χ4n) is 2.14. The summed E-state index contributed by atoms with van der Waals surface area (Å²) in [4.78, 5) is 23.4. The van der Waals surface area contributed by atoms with Crippen molar-refractivity contribution >= 4 is 11.9 Å². The van der Waals surface area contributed by atoms with Gasteiger partial charge < -0.3 is 16.4 Å². The Bertz CT molecular complexity index is 614. The summed E-state index contributed by atoms with van der Waals surface area (Å²) in [5.41, 5.74) is 7.11. The minimum atomic E-state index is -0.712. The lowest BCUT2D eigenvalue weighted by Crippen LogP contribution is -2.49. The summed E-state index contributed by atoms with van der Waals surface area (Å²) in [6, 6.07) is 17.7. The highest BCUT2D eigenvalue weighted by atomic mass is 16.2. The Morgan fingerprint density at radius 1 is 0.909 bits per heavy atom. The first-order valence-corrected chi connectivity index (χ1v) is 7.06. The Morgan fingerprint density at radius 3 is 2.00 bits per heavy atom. The number of carbonyl (C=O) groups excluding carboxylic acids is 2. The molecule has 0 heterocycles. The maximum absolute atomic E-state index is 12.3. The van der Waals surface area contributed by atoms with E-state index in [4.69, 9.17) is 5.73 Å². The predicted molar refractivity (Wildman–Crippen MR) is 84.9 cm³/mol. The molecule has 0 saturated carbocycles. The third-order valence-electron chi connectivity index (χ3n) is 3.23. The van der Waals surface area contributed by atoms with Crippen LogP contribution in [0.2, 0.25) is 0 Å². The Balaban J connectivity index is 1.98. The zero-order valence-corrected chi connectivity index (χ0v) is 12.2. The molecular formula is C17H19N3O2. The average Bonchev–Trinajstić information content (AvgIpc) is 2.53. The van der Waals surface area contributed by atoms with Gasteiger partial charge in [-0.2, -0.15) is 0 Å². The Labute approximate surface area is 129 Å². The van der Waals surface area contributed by atoms with E-state index >= 15 is 0 Å². The molecule has 5 nitrogen and oxygen atoms in total. The normalized spacial score (nSPS) is 11.5. The minimum absolute atomic E-state index is 0.258. The summed E-state index contributed by atoms with van der Waals surface area (Å²) in [5.74, 6) is -0.258. The van der Waals surface area contributed by atoms with E-state index in [-0.39, 0.29) is 5.91 Å². The molecule has 0 spiro atoms. The van der Waals surface area contributed by atoms with Gasteiger partial charge in [-0.15, -0.1) is 0 Å². The van der Waals surface area contributed by atoms with Crippen LogP contribution in [0.3, 0.4) is 0 Å². The van der Waals surface area contributed by atoms with E-state index in [0.29, 0.717) is 13.0 Å². The zero-order valence-electron chi connectivity index (χ0n) is 12.2. The van der Waals surface area contributed by atoms with Crippen molar-refractivity contribution in [2.24, 2.45) is 5.73 Å². The number of nitrogens with two attached hydrogens (primary N) is 1. The van der Waals surface area contributed by atoms with Crippen molar-refractivity contribution in [3.05, 3.63) is 71.8 Å². The van der Waals surface area contributed by atoms with Crippen LogP contribution in [0.15, 0.2) is 60.7 Å². The lowest BCUT2D eigenvalue weighted by atomic mass is 10.1. The fourth-order valence-corrected chi connectivity index (χ4v) is 2.14. The molecule has 0 saturated heterocycles. The van der Waals surface area contributed by atoms with Gasteiger partial charge in [0.1, 0.15) is 6.04 Å². The number of primary amides is 1. The largest absolute Gasteiger partial charge is 0.352 e. The minimum Gasteiger partial charge on any atom is -0.352 e. The monoisotopic (exact) mass is 297 g/mol. The maximum Gasteiger partial charge on any atom is 0.312 e. The van der Waals surface area contributed by atoms with Gasteiger partial charge in [0.25, 0.3) is 0 Å². The second-order valence-corrected chi connectivity index (χ2v) is 4.95. The van der Waals surface area contributed by atoms with Crippen LogP contribution in [-0.4, -0.2) is 18.0 Å². The lowest BCUT2D eigenvalue weighted by Gasteiger charge is -2.17. The van der Waals surface area contributed by atoms with Gasteiger partial charge in [-0.05, 0) is 11.1 Å². The van der Waals surface area contributed by atoms with Crippen LogP contribution in [-0.2, 0) is 17.8 Å². The van der Waals surface area contributed by atoms with Crippen LogP contribution in [0.5, 0.6) is 0 Å². The summed E-state index contributed by atoms with van der Waals surface area (Å²) in [5, 5.41) is 5.31. The van der Waals surface area contributed by atoms with E-state index in [1.165, 1.54) is 0 Å². The molecule has 1 atom stereocenters. The first-order valence-electron chi connectivity index (χ1n) is 7.06. The number of rotatable bonds is 6. The molecular weight excluding hydrogens is 278 g/mol. The second kappa shape index (κ2) is 7.83. The molecule has 0 radical (unpaired) electrons. The molecule has 2 aromatic rings. The molecule has 0 aliphatic carbocycles. The summed E-state index contributed by atoms with van der Waals surface area (Å²) in [6.45, 7) is 0.408. The molecule has 0 fully saturated rings. The van der Waals surface area contributed by atoms with Crippen LogP contribution >= 0.6 is 0 Å². The van der Waals surface area contributed by atoms with Crippen LogP contribution in [0.1, 0.15) is 11.1 Å². The second-order valence-electron chi connectivity index (χ2n) is 4.95. The van der Waals surface area contributed by atoms with Crippen LogP contribution in [0, 0.1) is 0 Å². The molecule has 0 aliphatic heterocycles. The molecule has 0 aliphatic rings. The molecule has 0 bridgehead atoms. The van der Waals surface area contributed by atoms with Crippen molar-refractivity contribution in [3.63, 3.8) is 0 Å². The van der Waals surface area contributed by atoms with Crippen LogP contribution in [0.4, 0.5) is 4.79 Å². The van der Waals surface area contributed by atoms with Gasteiger partial charge in [-0.3, -0.25) is 4.79 Å². The van der Waals surface area contributed by atoms with E-state index in [9.17, 15) is 9.59 Å². The summed E-state index contributed by atoms with van der Waals surface area (Å²) < 4.78 is 0. The molecule has 2 rings (SSSR count). The van der Waals surface area contributed by atoms with Crippen molar-refractivity contribution < 1.29 is 9.59 Å². The highest BCUT2D eigenvalue weighted by molar-refractivity contribution is 5.86. The third kappa shape index (κ3) is 4.94. The van der Waals surface area contributed by atoms with Crippen molar-refractivity contribution in [1.29, 1.82) is 0 Å². The molecule has 3 amide bonds. The van der Waals surface area contributed by atoms with E-state index in [2.05, 4.69) is 10.6 Å². The molecule has 0 aromatic heterocycles. The van der Waals surface area contributed by atoms with Crippen molar-refractivity contribution in [2.45, 2.75) is 19.0 Å². The van der Waals surface area contributed by atoms with Gasteiger partial charge in [0.05, 0.1) is 0 Å². The van der Waals surface area contributed by atoms with Crippen molar-refractivity contribution in [3.8, 4) is 0 Å². The highest BCUT2D eigenvalue weighted by Gasteiger charge is 2.19. The summed E-state index contributed by atoms with van der Waals surface area (Å²) >= 11 is 0. The van der Waals surface area contributed by atoms with Gasteiger partial charge in [-0.1, -0.05) is 60.7 Å². The number of benzene rings is 2. The van der Waals surface area contributed by atoms with Gasteiger partial charge >= 0.3 is 6.03 Å². The fraction of sp³-hybridized carbons (Fsp3) is 0.176. The van der Waals surface area contributed by atoms with Gasteiger partial charge in [0, 0.05) is 13.0 Å². The van der Waals surface area contributed by atoms with Gasteiger partial charge in [-0.25, -0.2) is 4.79 Å². The van der Waals surface area contributed by atoms with Crippen molar-refractivity contribution in [2.75, 3.05) is 0 Å². The topological polar surface area (TPSA) is 84.2 Å². The number of hydrogen-bond donors (Lipinski definition) is 3. The predicted octanol–water partition coefficient (Wildman–Crippen LogP) is 1.58. The molecule has 114 valence electrons. The van der Waals surface area contributed by atoms with E-state index in [1.54, 1.807) is 0 Å². The number of nitrogens with one attached hydrogen (secondary N) is 2. The standard InChI is InChI=1S/C17H19N3O2/c18-17(22)20-15(11-13-7-3-1-4-8-13)16(21)19-12-14-9-5-2-6-10-14/h1-10,15H,11-12H2,(H,19,21)(H3,18,20,22). The lowest BCUT2D eigenvalue weighted by molar-refractivity contribution is -0.123. The van der Waals surface area contributed by atoms with E-state index in [1.807, 2.05) is 60.7 Å². The smallest absolute Gasteiger partial charge is 0.312 e. The number of carbonyl (C=O) groups is 2. The number of urea groups is 1. The molecule has 22 heavy (non-hydrogen) atoms. The van der Waals surface area contributed by atoms with Crippen molar-refractivity contribution in [1.82, 2.24) is 10.6 Å². The molecule has 5 heteroatoms. The molecule has 2 aromatic carbocycles. The average molecular weight is 297 g/mol.